The summed E-state index contributed by atoms with van der Waals surface area (Å²) in [6.45, 7) is 2.91. The second kappa shape index (κ2) is 5.28. The van der Waals surface area contributed by atoms with Crippen LogP contribution in [0.25, 0.3) is 17.0 Å². The highest BCUT2D eigenvalue weighted by Crippen LogP contribution is 2.21. The minimum absolute atomic E-state index is 0.833. The molecule has 2 aromatic rings. The lowest BCUT2D eigenvalue weighted by Gasteiger charge is -2.14. The van der Waals surface area contributed by atoms with Gasteiger partial charge in [-0.3, -0.25) is 4.90 Å². The highest BCUT2D eigenvalue weighted by molar-refractivity contribution is 5.88. The van der Waals surface area contributed by atoms with Crippen molar-refractivity contribution in [2.75, 3.05) is 14.1 Å². The Morgan fingerprint density at radius 1 is 1.37 bits per heavy atom. The summed E-state index contributed by atoms with van der Waals surface area (Å²) in [5.74, 6) is -0.929. The monoisotopic (exact) mass is 258 g/mol. The van der Waals surface area contributed by atoms with E-state index in [4.69, 9.17) is 5.11 Å². The topological polar surface area (TPSA) is 45.5 Å². The fourth-order valence-electron chi connectivity index (χ4n) is 2.17. The summed E-state index contributed by atoms with van der Waals surface area (Å²) in [6, 6.07) is 8.10. The van der Waals surface area contributed by atoms with Crippen LogP contribution in [0.4, 0.5) is 0 Å². The second-order valence-corrected chi connectivity index (χ2v) is 4.92. The number of hydrogen-bond acceptors (Lipinski definition) is 2. The Morgan fingerprint density at radius 2 is 2.11 bits per heavy atom. The van der Waals surface area contributed by atoms with Gasteiger partial charge in [0.2, 0.25) is 0 Å². The predicted octanol–water partition coefficient (Wildman–Crippen LogP) is 2.57. The van der Waals surface area contributed by atoms with E-state index in [1.165, 1.54) is 11.2 Å². The molecule has 1 aromatic carbocycles. The van der Waals surface area contributed by atoms with E-state index in [-0.39, 0.29) is 0 Å². The van der Waals surface area contributed by atoms with Crippen molar-refractivity contribution in [3.63, 3.8) is 0 Å². The van der Waals surface area contributed by atoms with Crippen molar-refractivity contribution in [1.82, 2.24) is 9.47 Å². The molecule has 100 valence electrons. The van der Waals surface area contributed by atoms with Gasteiger partial charge in [-0.15, -0.1) is 0 Å². The number of aryl methyl sites for hydroxylation is 1. The van der Waals surface area contributed by atoms with Gasteiger partial charge in [-0.05, 0) is 50.9 Å². The van der Waals surface area contributed by atoms with Crippen LogP contribution in [0.3, 0.4) is 0 Å². The van der Waals surface area contributed by atoms with Crippen LogP contribution in [-0.4, -0.2) is 34.6 Å². The maximum Gasteiger partial charge on any atom is 0.328 e. The standard InChI is InChI=1S/C15H18N2O2/c1-11-8-13-9-12(5-7-15(18)19)4-6-14(13)17(11)10-16(2)3/h4-9H,10H2,1-3H3,(H,18,19). The molecule has 0 radical (unpaired) electrons. The fraction of sp³-hybridized carbons (Fsp3) is 0.267. The molecule has 0 atom stereocenters. The summed E-state index contributed by atoms with van der Waals surface area (Å²) in [5, 5.41) is 9.77. The van der Waals surface area contributed by atoms with Gasteiger partial charge in [0.25, 0.3) is 0 Å². The molecule has 0 unspecified atom stereocenters. The first-order chi connectivity index (χ1) is 8.97. The number of nitrogens with zero attached hydrogens (tertiary/aromatic N) is 2. The van der Waals surface area contributed by atoms with Crippen LogP contribution >= 0.6 is 0 Å². The quantitative estimate of drug-likeness (QED) is 0.857. The summed E-state index contributed by atoms with van der Waals surface area (Å²) in [7, 11) is 4.07. The lowest BCUT2D eigenvalue weighted by Crippen LogP contribution is -2.17. The van der Waals surface area contributed by atoms with Gasteiger partial charge in [-0.1, -0.05) is 6.07 Å². The van der Waals surface area contributed by atoms with Gasteiger partial charge in [-0.2, -0.15) is 0 Å². The van der Waals surface area contributed by atoms with Crippen LogP contribution in [0, 0.1) is 6.92 Å². The van der Waals surface area contributed by atoms with Crippen molar-refractivity contribution in [3.8, 4) is 0 Å². The number of carbonyl (C=O) groups is 1. The van der Waals surface area contributed by atoms with Crippen molar-refractivity contribution in [2.24, 2.45) is 0 Å². The molecule has 0 bridgehead atoms. The molecule has 0 aliphatic carbocycles. The van der Waals surface area contributed by atoms with Gasteiger partial charge in [-0.25, -0.2) is 4.79 Å². The van der Waals surface area contributed by atoms with Crippen LogP contribution in [0.2, 0.25) is 0 Å². The molecule has 0 amide bonds. The molecular weight excluding hydrogens is 240 g/mol. The van der Waals surface area contributed by atoms with Gasteiger partial charge < -0.3 is 9.67 Å². The molecule has 0 aliphatic rings. The average molecular weight is 258 g/mol. The lowest BCUT2D eigenvalue weighted by molar-refractivity contribution is -0.131. The molecule has 0 aliphatic heterocycles. The molecule has 0 saturated carbocycles. The molecule has 19 heavy (non-hydrogen) atoms. The van der Waals surface area contributed by atoms with Gasteiger partial charge in [0.05, 0.1) is 6.67 Å². The maximum atomic E-state index is 10.5. The van der Waals surface area contributed by atoms with Crippen LogP contribution < -0.4 is 0 Å². The molecule has 1 heterocycles. The number of hydrogen-bond donors (Lipinski definition) is 1. The number of fused-ring (bicyclic) bond motifs is 1. The Hall–Kier alpha value is -2.07. The van der Waals surface area contributed by atoms with Crippen molar-refractivity contribution < 1.29 is 9.90 Å². The Morgan fingerprint density at radius 3 is 2.74 bits per heavy atom. The molecule has 4 heteroatoms. The van der Waals surface area contributed by atoms with Crippen LogP contribution in [0.1, 0.15) is 11.3 Å². The molecule has 0 spiro atoms. The van der Waals surface area contributed by atoms with Crippen molar-refractivity contribution in [1.29, 1.82) is 0 Å². The Bertz CT molecular complexity index is 639. The third kappa shape index (κ3) is 3.03. The van der Waals surface area contributed by atoms with E-state index in [0.717, 1.165) is 23.7 Å². The van der Waals surface area contributed by atoms with E-state index < -0.39 is 5.97 Å². The minimum atomic E-state index is -0.929. The maximum absolute atomic E-state index is 10.5. The number of carboxylic acids is 1. The first kappa shape index (κ1) is 13.4. The second-order valence-electron chi connectivity index (χ2n) is 4.92. The van der Waals surface area contributed by atoms with E-state index >= 15 is 0 Å². The van der Waals surface area contributed by atoms with Gasteiger partial charge in [0, 0.05) is 22.7 Å². The molecule has 0 fully saturated rings. The largest absolute Gasteiger partial charge is 0.478 e. The number of rotatable bonds is 4. The summed E-state index contributed by atoms with van der Waals surface area (Å²) < 4.78 is 2.24. The molecular formula is C15H18N2O2. The summed E-state index contributed by atoms with van der Waals surface area (Å²) in [6.07, 6.45) is 2.77. The Kier molecular flexibility index (Phi) is 3.71. The molecule has 1 aromatic heterocycles. The third-order valence-corrected chi connectivity index (χ3v) is 2.98. The normalized spacial score (nSPS) is 11.8. The van der Waals surface area contributed by atoms with Gasteiger partial charge in [0.15, 0.2) is 0 Å². The Labute approximate surface area is 112 Å². The van der Waals surface area contributed by atoms with E-state index in [1.807, 2.05) is 32.3 Å². The molecule has 1 N–H and O–H groups in total. The molecule has 2 rings (SSSR count). The van der Waals surface area contributed by atoms with E-state index in [9.17, 15) is 4.79 Å². The van der Waals surface area contributed by atoms with Crippen LogP contribution in [0.5, 0.6) is 0 Å². The highest BCUT2D eigenvalue weighted by atomic mass is 16.4. The molecule has 0 saturated heterocycles. The SMILES string of the molecule is Cc1cc2cc(C=CC(=O)O)ccc2n1CN(C)C. The zero-order chi connectivity index (χ0) is 14.0. The number of aromatic nitrogens is 1. The average Bonchev–Trinajstić information content (AvgIpc) is 2.62. The van der Waals surface area contributed by atoms with Gasteiger partial charge in [0.1, 0.15) is 0 Å². The van der Waals surface area contributed by atoms with E-state index in [1.54, 1.807) is 6.08 Å². The smallest absolute Gasteiger partial charge is 0.328 e. The minimum Gasteiger partial charge on any atom is -0.478 e. The summed E-state index contributed by atoms with van der Waals surface area (Å²) in [4.78, 5) is 12.6. The first-order valence-electron chi connectivity index (χ1n) is 6.13. The van der Waals surface area contributed by atoms with E-state index in [0.29, 0.717) is 0 Å². The summed E-state index contributed by atoms with van der Waals surface area (Å²) in [5.41, 5.74) is 3.26. The highest BCUT2D eigenvalue weighted by Gasteiger charge is 2.06. The van der Waals surface area contributed by atoms with Crippen molar-refractivity contribution in [2.45, 2.75) is 13.6 Å². The van der Waals surface area contributed by atoms with Crippen molar-refractivity contribution in [3.05, 3.63) is 41.6 Å². The number of aliphatic carboxylic acids is 1. The fourth-order valence-corrected chi connectivity index (χ4v) is 2.17. The number of benzene rings is 1. The van der Waals surface area contributed by atoms with Crippen LogP contribution in [0.15, 0.2) is 30.3 Å². The molecule has 4 nitrogen and oxygen atoms in total. The third-order valence-electron chi connectivity index (χ3n) is 2.98. The zero-order valence-corrected chi connectivity index (χ0v) is 11.4. The predicted molar refractivity (Wildman–Crippen MR) is 77.0 cm³/mol. The number of carboxylic acid groups (broad SMARTS) is 1. The lowest BCUT2D eigenvalue weighted by atomic mass is 10.1. The van der Waals surface area contributed by atoms with Crippen LogP contribution in [-0.2, 0) is 11.5 Å². The zero-order valence-electron chi connectivity index (χ0n) is 11.4. The first-order valence-corrected chi connectivity index (χ1v) is 6.13. The summed E-state index contributed by atoms with van der Waals surface area (Å²) >= 11 is 0. The van der Waals surface area contributed by atoms with E-state index in [2.05, 4.69) is 22.5 Å². The van der Waals surface area contributed by atoms with Crippen molar-refractivity contribution >= 4 is 22.9 Å². The van der Waals surface area contributed by atoms with Gasteiger partial charge >= 0.3 is 5.97 Å². The Balaban J connectivity index is 2.43.